The molecule has 2 nitrogen and oxygen atoms in total. The first kappa shape index (κ1) is 12.5. The van der Waals surface area contributed by atoms with E-state index in [2.05, 4.69) is 0 Å². The molecule has 0 aliphatic heterocycles. The molecule has 1 rings (SSSR count). The minimum atomic E-state index is -4.81. The van der Waals surface area contributed by atoms with Crippen LogP contribution in [0.5, 0.6) is 0 Å². The Bertz CT molecular complexity index is 387. The average molecular weight is 231 g/mol. The van der Waals surface area contributed by atoms with Gasteiger partial charge in [-0.2, -0.15) is 13.2 Å². The summed E-state index contributed by atoms with van der Waals surface area (Å²) >= 11 is 0. The number of alkyl halides is 3. The van der Waals surface area contributed by atoms with Crippen LogP contribution in [0.15, 0.2) is 24.3 Å². The molecule has 0 bridgehead atoms. The summed E-state index contributed by atoms with van der Waals surface area (Å²) in [5.74, 6) is -1.82. The summed E-state index contributed by atoms with van der Waals surface area (Å²) in [5.41, 5.74) is 1.63. The Labute approximate surface area is 91.7 Å². The van der Waals surface area contributed by atoms with Gasteiger partial charge in [0, 0.05) is 13.6 Å². The highest BCUT2D eigenvalue weighted by Gasteiger charge is 2.41. The molecule has 0 spiro atoms. The second-order valence-electron chi connectivity index (χ2n) is 3.65. The Morgan fingerprint density at radius 2 is 2.00 bits per heavy atom. The van der Waals surface area contributed by atoms with Gasteiger partial charge in [0.2, 0.25) is 0 Å². The third kappa shape index (κ3) is 3.25. The molecular formula is C11H12F3NO. The molecular weight excluding hydrogens is 219 g/mol. The maximum absolute atomic E-state index is 12.1. The monoisotopic (exact) mass is 231 g/mol. The summed E-state index contributed by atoms with van der Waals surface area (Å²) in [6, 6.07) is 7.03. The van der Waals surface area contributed by atoms with Crippen molar-refractivity contribution in [3.05, 3.63) is 35.4 Å². The van der Waals surface area contributed by atoms with Crippen LogP contribution in [0.1, 0.15) is 11.1 Å². The highest BCUT2D eigenvalue weighted by Crippen LogP contribution is 2.19. The molecule has 16 heavy (non-hydrogen) atoms. The van der Waals surface area contributed by atoms with E-state index in [1.165, 1.54) is 0 Å². The van der Waals surface area contributed by atoms with E-state index in [-0.39, 0.29) is 6.54 Å². The van der Waals surface area contributed by atoms with Gasteiger partial charge in [0.15, 0.2) is 0 Å². The van der Waals surface area contributed by atoms with Crippen molar-refractivity contribution < 1.29 is 18.0 Å². The largest absolute Gasteiger partial charge is 0.471 e. The molecule has 0 N–H and O–H groups in total. The predicted octanol–water partition coefficient (Wildman–Crippen LogP) is 2.52. The lowest BCUT2D eigenvalue weighted by Crippen LogP contribution is -2.37. The van der Waals surface area contributed by atoms with Gasteiger partial charge < -0.3 is 4.90 Å². The number of nitrogens with zero attached hydrogens (tertiary/aromatic N) is 1. The lowest BCUT2D eigenvalue weighted by Gasteiger charge is -2.18. The van der Waals surface area contributed by atoms with Crippen LogP contribution in [-0.2, 0) is 11.3 Å². The second kappa shape index (κ2) is 4.55. The Morgan fingerprint density at radius 3 is 2.50 bits per heavy atom. The molecule has 5 heteroatoms. The number of halogens is 3. The van der Waals surface area contributed by atoms with Crippen molar-refractivity contribution >= 4 is 5.91 Å². The van der Waals surface area contributed by atoms with Crippen molar-refractivity contribution in [2.75, 3.05) is 7.05 Å². The molecule has 0 saturated carbocycles. The first-order valence-electron chi connectivity index (χ1n) is 4.68. The lowest BCUT2D eigenvalue weighted by atomic mass is 10.1. The van der Waals surface area contributed by atoms with Crippen LogP contribution in [0.3, 0.4) is 0 Å². The van der Waals surface area contributed by atoms with Gasteiger partial charge in [-0.3, -0.25) is 4.79 Å². The topological polar surface area (TPSA) is 20.3 Å². The molecule has 0 saturated heterocycles. The number of rotatable bonds is 2. The Balaban J connectivity index is 2.72. The van der Waals surface area contributed by atoms with Crippen LogP contribution in [-0.4, -0.2) is 24.0 Å². The van der Waals surface area contributed by atoms with Gasteiger partial charge >= 0.3 is 12.1 Å². The first-order chi connectivity index (χ1) is 7.30. The fourth-order valence-electron chi connectivity index (χ4n) is 1.37. The number of carbonyl (C=O) groups excluding carboxylic acids is 1. The van der Waals surface area contributed by atoms with E-state index in [4.69, 9.17) is 0 Å². The molecule has 0 radical (unpaired) electrons. The van der Waals surface area contributed by atoms with Crippen LogP contribution in [0.25, 0.3) is 0 Å². The summed E-state index contributed by atoms with van der Waals surface area (Å²) in [6.45, 7) is 1.80. The number of hydrogen-bond donors (Lipinski definition) is 0. The fourth-order valence-corrected chi connectivity index (χ4v) is 1.37. The number of aryl methyl sites for hydroxylation is 1. The standard InChI is InChI=1S/C11H12F3NO/c1-8-4-3-5-9(6-8)7-15(2)10(16)11(12,13)14/h3-6H,7H2,1-2H3. The lowest BCUT2D eigenvalue weighted by molar-refractivity contribution is -0.184. The summed E-state index contributed by atoms with van der Waals surface area (Å²) in [6.07, 6.45) is -4.81. The van der Waals surface area contributed by atoms with Crippen molar-refractivity contribution in [3.63, 3.8) is 0 Å². The zero-order valence-electron chi connectivity index (χ0n) is 9.01. The molecule has 1 aromatic carbocycles. The van der Waals surface area contributed by atoms with Crippen molar-refractivity contribution in [3.8, 4) is 0 Å². The average Bonchev–Trinajstić information content (AvgIpc) is 2.15. The van der Waals surface area contributed by atoms with E-state index >= 15 is 0 Å². The summed E-state index contributed by atoms with van der Waals surface area (Å²) in [5, 5.41) is 0. The van der Waals surface area contributed by atoms with E-state index in [1.54, 1.807) is 18.2 Å². The van der Waals surface area contributed by atoms with E-state index < -0.39 is 12.1 Å². The number of benzene rings is 1. The SMILES string of the molecule is Cc1cccc(CN(C)C(=O)C(F)(F)F)c1. The van der Waals surface area contributed by atoms with Crippen LogP contribution >= 0.6 is 0 Å². The van der Waals surface area contributed by atoms with Crippen LogP contribution < -0.4 is 0 Å². The molecule has 88 valence electrons. The minimum Gasteiger partial charge on any atom is -0.334 e. The molecule has 0 aromatic heterocycles. The smallest absolute Gasteiger partial charge is 0.334 e. The first-order valence-corrected chi connectivity index (χ1v) is 4.68. The van der Waals surface area contributed by atoms with Gasteiger partial charge in [0.25, 0.3) is 0 Å². The molecule has 0 aliphatic carbocycles. The highest BCUT2D eigenvalue weighted by atomic mass is 19.4. The van der Waals surface area contributed by atoms with Crippen molar-refractivity contribution in [1.29, 1.82) is 0 Å². The van der Waals surface area contributed by atoms with Crippen molar-refractivity contribution in [1.82, 2.24) is 4.90 Å². The van der Waals surface area contributed by atoms with Crippen LogP contribution in [0, 0.1) is 6.92 Å². The Morgan fingerprint density at radius 1 is 1.38 bits per heavy atom. The van der Waals surface area contributed by atoms with Crippen molar-refractivity contribution in [2.24, 2.45) is 0 Å². The van der Waals surface area contributed by atoms with E-state index in [9.17, 15) is 18.0 Å². The molecule has 0 atom stereocenters. The number of hydrogen-bond acceptors (Lipinski definition) is 1. The minimum absolute atomic E-state index is 0.0416. The summed E-state index contributed by atoms with van der Waals surface area (Å²) in [7, 11) is 1.14. The fraction of sp³-hybridized carbons (Fsp3) is 0.364. The highest BCUT2D eigenvalue weighted by molar-refractivity contribution is 5.81. The normalized spacial score (nSPS) is 11.3. The van der Waals surface area contributed by atoms with Crippen LogP contribution in [0.2, 0.25) is 0 Å². The maximum atomic E-state index is 12.1. The Hall–Kier alpha value is -1.52. The van der Waals surface area contributed by atoms with E-state index in [0.29, 0.717) is 10.5 Å². The van der Waals surface area contributed by atoms with Gasteiger partial charge in [0.05, 0.1) is 0 Å². The molecule has 0 aliphatic rings. The van der Waals surface area contributed by atoms with Gasteiger partial charge in [-0.05, 0) is 12.5 Å². The third-order valence-corrected chi connectivity index (χ3v) is 2.09. The van der Waals surface area contributed by atoms with Crippen LogP contribution in [0.4, 0.5) is 13.2 Å². The number of amides is 1. The van der Waals surface area contributed by atoms with Gasteiger partial charge in [-0.25, -0.2) is 0 Å². The molecule has 1 aromatic rings. The molecule has 0 unspecified atom stereocenters. The molecule has 1 amide bonds. The Kier molecular flexibility index (Phi) is 3.57. The van der Waals surface area contributed by atoms with Gasteiger partial charge in [-0.15, -0.1) is 0 Å². The molecule has 0 fully saturated rings. The van der Waals surface area contributed by atoms with Gasteiger partial charge in [0.1, 0.15) is 0 Å². The third-order valence-electron chi connectivity index (χ3n) is 2.09. The quantitative estimate of drug-likeness (QED) is 0.765. The zero-order valence-corrected chi connectivity index (χ0v) is 9.01. The second-order valence-corrected chi connectivity index (χ2v) is 3.65. The zero-order chi connectivity index (χ0) is 12.3. The van der Waals surface area contributed by atoms with Gasteiger partial charge in [-0.1, -0.05) is 29.8 Å². The summed E-state index contributed by atoms with van der Waals surface area (Å²) < 4.78 is 36.3. The van der Waals surface area contributed by atoms with E-state index in [1.807, 2.05) is 13.0 Å². The van der Waals surface area contributed by atoms with Crippen molar-refractivity contribution in [2.45, 2.75) is 19.6 Å². The maximum Gasteiger partial charge on any atom is 0.471 e. The van der Waals surface area contributed by atoms with E-state index in [0.717, 1.165) is 12.6 Å². The molecule has 0 heterocycles. The summed E-state index contributed by atoms with van der Waals surface area (Å²) in [4.78, 5) is 11.5. The predicted molar refractivity (Wildman–Crippen MR) is 53.7 cm³/mol. The number of carbonyl (C=O) groups is 1.